The number of β-amino-alcohol motifs (C(OH)–C–C–N with tert-alkyl or cyclic N) is 1. The van der Waals surface area contributed by atoms with Crippen LogP contribution in [-0.4, -0.2) is 85.2 Å². The number of alkyl halides is 3. The van der Waals surface area contributed by atoms with Gasteiger partial charge in [0, 0.05) is 32.7 Å². The Hall–Kier alpha value is -0.870. The predicted octanol–water partition coefficient (Wildman–Crippen LogP) is 0.269. The van der Waals surface area contributed by atoms with Crippen molar-refractivity contribution >= 4 is 15.7 Å². The second-order valence-corrected chi connectivity index (χ2v) is 9.81. The summed E-state index contributed by atoms with van der Waals surface area (Å²) in [6, 6.07) is 0. The number of aliphatic hydroxyl groups is 1. The first kappa shape index (κ1) is 18.9. The van der Waals surface area contributed by atoms with E-state index in [2.05, 4.69) is 0 Å². The minimum absolute atomic E-state index is 0.0471. The van der Waals surface area contributed by atoms with Gasteiger partial charge in [0.25, 0.3) is 0 Å². The van der Waals surface area contributed by atoms with Gasteiger partial charge in [-0.15, -0.1) is 0 Å². The Morgan fingerprint density at radius 3 is 2.24 bits per heavy atom. The molecule has 0 aromatic carbocycles. The van der Waals surface area contributed by atoms with E-state index in [4.69, 9.17) is 0 Å². The summed E-state index contributed by atoms with van der Waals surface area (Å²) < 4.78 is 63.1. The summed E-state index contributed by atoms with van der Waals surface area (Å²) in [7, 11) is -3.20. The molecule has 144 valence electrons. The molecule has 2 heterocycles. The molecule has 1 amide bonds. The molecule has 3 rings (SSSR count). The standard InChI is InChI=1S/C15H23F3N2O4S/c16-15(17,18)12-9-19(10-14(22)2-1-3-14)8-11(12)13(21)20-4-6-25(23,24)7-5-20/h11-12,22H,1-10H2/t11-,12-/m0/s1. The van der Waals surface area contributed by atoms with Gasteiger partial charge in [0.15, 0.2) is 9.84 Å². The van der Waals surface area contributed by atoms with E-state index in [1.807, 2.05) is 0 Å². The van der Waals surface area contributed by atoms with E-state index in [0.717, 1.165) is 6.42 Å². The van der Waals surface area contributed by atoms with Crippen LogP contribution < -0.4 is 0 Å². The van der Waals surface area contributed by atoms with Crippen molar-refractivity contribution in [2.45, 2.75) is 31.0 Å². The zero-order chi connectivity index (χ0) is 18.5. The highest BCUT2D eigenvalue weighted by molar-refractivity contribution is 7.91. The highest BCUT2D eigenvalue weighted by Gasteiger charge is 2.54. The van der Waals surface area contributed by atoms with E-state index >= 15 is 0 Å². The third-order valence-corrected chi connectivity index (χ3v) is 7.20. The van der Waals surface area contributed by atoms with Crippen molar-refractivity contribution in [3.8, 4) is 0 Å². The molecular weight excluding hydrogens is 361 g/mol. The van der Waals surface area contributed by atoms with Gasteiger partial charge >= 0.3 is 6.18 Å². The van der Waals surface area contributed by atoms with E-state index in [1.54, 1.807) is 0 Å². The normalized spacial score (nSPS) is 32.4. The molecule has 0 radical (unpaired) electrons. The molecule has 25 heavy (non-hydrogen) atoms. The average Bonchev–Trinajstić information content (AvgIpc) is 2.89. The van der Waals surface area contributed by atoms with Crippen LogP contribution in [0.25, 0.3) is 0 Å². The number of halogens is 3. The van der Waals surface area contributed by atoms with Crippen LogP contribution in [0.4, 0.5) is 13.2 Å². The second kappa shape index (κ2) is 6.38. The molecule has 1 saturated carbocycles. The summed E-state index contributed by atoms with van der Waals surface area (Å²) in [5.74, 6) is -4.04. The molecule has 2 atom stereocenters. The predicted molar refractivity (Wildman–Crippen MR) is 83.5 cm³/mol. The fraction of sp³-hybridized carbons (Fsp3) is 0.933. The SMILES string of the molecule is O=C([C@H]1CN(CC2(O)CCC2)C[C@@H]1C(F)(F)F)N1CCS(=O)(=O)CC1. The first-order valence-electron chi connectivity index (χ1n) is 8.50. The zero-order valence-electron chi connectivity index (χ0n) is 13.8. The van der Waals surface area contributed by atoms with E-state index in [-0.39, 0.29) is 44.2 Å². The number of hydrogen-bond acceptors (Lipinski definition) is 5. The van der Waals surface area contributed by atoms with Crippen molar-refractivity contribution in [3.63, 3.8) is 0 Å². The Morgan fingerprint density at radius 2 is 1.76 bits per heavy atom. The zero-order valence-corrected chi connectivity index (χ0v) is 14.7. The number of carbonyl (C=O) groups excluding carboxylic acids is 1. The maximum absolute atomic E-state index is 13.4. The van der Waals surface area contributed by atoms with Crippen molar-refractivity contribution in [1.29, 1.82) is 0 Å². The van der Waals surface area contributed by atoms with Crippen LogP contribution in [0.3, 0.4) is 0 Å². The maximum Gasteiger partial charge on any atom is 0.393 e. The molecule has 1 N–H and O–H groups in total. The molecule has 3 aliphatic rings. The fourth-order valence-corrected chi connectivity index (χ4v) is 5.12. The lowest BCUT2D eigenvalue weighted by Crippen LogP contribution is -2.49. The molecule has 3 fully saturated rings. The second-order valence-electron chi connectivity index (χ2n) is 7.50. The van der Waals surface area contributed by atoms with Crippen LogP contribution in [-0.2, 0) is 14.6 Å². The van der Waals surface area contributed by atoms with Crippen molar-refractivity contribution in [3.05, 3.63) is 0 Å². The molecule has 2 aliphatic heterocycles. The Labute approximate surface area is 144 Å². The van der Waals surface area contributed by atoms with Gasteiger partial charge in [-0.25, -0.2) is 8.42 Å². The number of likely N-dealkylation sites (tertiary alicyclic amines) is 1. The van der Waals surface area contributed by atoms with Crippen LogP contribution in [0.15, 0.2) is 0 Å². The summed E-state index contributed by atoms with van der Waals surface area (Å²) in [4.78, 5) is 15.4. The number of rotatable bonds is 3. The summed E-state index contributed by atoms with van der Waals surface area (Å²) in [5.41, 5.74) is -0.937. The van der Waals surface area contributed by atoms with Crippen molar-refractivity contribution in [1.82, 2.24) is 9.80 Å². The first-order chi connectivity index (χ1) is 11.5. The fourth-order valence-electron chi connectivity index (χ4n) is 3.92. The van der Waals surface area contributed by atoms with Crippen LogP contribution in [0, 0.1) is 11.8 Å². The van der Waals surface area contributed by atoms with Crippen LogP contribution in [0.1, 0.15) is 19.3 Å². The van der Waals surface area contributed by atoms with Crippen molar-refractivity contribution in [2.75, 3.05) is 44.2 Å². The van der Waals surface area contributed by atoms with Gasteiger partial charge in [-0.3, -0.25) is 9.69 Å². The molecular formula is C15H23F3N2O4S. The highest BCUT2D eigenvalue weighted by Crippen LogP contribution is 2.41. The van der Waals surface area contributed by atoms with Gasteiger partial charge in [-0.05, 0) is 19.3 Å². The Bertz CT molecular complexity index is 619. The Morgan fingerprint density at radius 1 is 1.16 bits per heavy atom. The minimum atomic E-state index is -4.50. The lowest BCUT2D eigenvalue weighted by atomic mass is 9.80. The number of sulfone groups is 1. The van der Waals surface area contributed by atoms with Gasteiger partial charge in [0.2, 0.25) is 5.91 Å². The topological polar surface area (TPSA) is 77.9 Å². The van der Waals surface area contributed by atoms with E-state index < -0.39 is 39.4 Å². The van der Waals surface area contributed by atoms with Gasteiger partial charge in [-0.1, -0.05) is 0 Å². The molecule has 0 unspecified atom stereocenters. The molecule has 0 aromatic rings. The smallest absolute Gasteiger partial charge is 0.389 e. The molecule has 0 spiro atoms. The van der Waals surface area contributed by atoms with Crippen molar-refractivity contribution < 1.29 is 31.5 Å². The van der Waals surface area contributed by atoms with Crippen LogP contribution >= 0.6 is 0 Å². The van der Waals surface area contributed by atoms with E-state index in [0.29, 0.717) is 12.8 Å². The van der Waals surface area contributed by atoms with Gasteiger partial charge in [0.05, 0.1) is 28.9 Å². The number of amides is 1. The van der Waals surface area contributed by atoms with Crippen LogP contribution in [0.2, 0.25) is 0 Å². The summed E-state index contributed by atoms with van der Waals surface area (Å²) in [5, 5.41) is 10.2. The van der Waals surface area contributed by atoms with Crippen LogP contribution in [0.5, 0.6) is 0 Å². The van der Waals surface area contributed by atoms with E-state index in [1.165, 1.54) is 9.80 Å². The van der Waals surface area contributed by atoms with Gasteiger partial charge in [-0.2, -0.15) is 13.2 Å². The quantitative estimate of drug-likeness (QED) is 0.756. The van der Waals surface area contributed by atoms with Crippen molar-refractivity contribution in [2.24, 2.45) is 11.8 Å². The third kappa shape index (κ3) is 4.11. The molecule has 6 nitrogen and oxygen atoms in total. The lowest BCUT2D eigenvalue weighted by Gasteiger charge is -2.39. The summed E-state index contributed by atoms with van der Waals surface area (Å²) in [6.07, 6.45) is -2.50. The third-order valence-electron chi connectivity index (χ3n) is 5.59. The minimum Gasteiger partial charge on any atom is -0.389 e. The molecule has 0 aromatic heterocycles. The first-order valence-corrected chi connectivity index (χ1v) is 10.3. The highest BCUT2D eigenvalue weighted by atomic mass is 32.2. The number of nitrogens with zero attached hydrogens (tertiary/aromatic N) is 2. The molecule has 10 heteroatoms. The Kier molecular flexibility index (Phi) is 4.83. The van der Waals surface area contributed by atoms with E-state index in [9.17, 15) is 31.5 Å². The molecule has 0 bridgehead atoms. The molecule has 2 saturated heterocycles. The lowest BCUT2D eigenvalue weighted by molar-refractivity contribution is -0.186. The Balaban J connectivity index is 1.69. The average molecular weight is 384 g/mol. The monoisotopic (exact) mass is 384 g/mol. The number of carbonyl (C=O) groups is 1. The van der Waals surface area contributed by atoms with Gasteiger partial charge < -0.3 is 10.0 Å². The summed E-state index contributed by atoms with van der Waals surface area (Å²) >= 11 is 0. The van der Waals surface area contributed by atoms with Gasteiger partial charge in [0.1, 0.15) is 0 Å². The number of hydrogen-bond donors (Lipinski definition) is 1. The largest absolute Gasteiger partial charge is 0.393 e. The summed E-state index contributed by atoms with van der Waals surface area (Å²) in [6.45, 7) is -0.293. The maximum atomic E-state index is 13.4. The molecule has 1 aliphatic carbocycles.